The van der Waals surface area contributed by atoms with E-state index in [1.807, 2.05) is 0 Å². The second-order valence-electron chi connectivity index (χ2n) is 6.17. The standard InChI is InChI=1S/C19H16ClN3O5S2/c20-14-4-2-5-16(12-14)23-30(27,28)18-6-1-3-13(11-18)19(24)22-15-7-9-17(10-8-15)29(21,25)26/h1-12,23H,(H,22,24)(H2,21,25,26). The summed E-state index contributed by atoms with van der Waals surface area (Å²) in [5, 5.41) is 7.97. The van der Waals surface area contributed by atoms with Gasteiger partial charge in [0.2, 0.25) is 10.0 Å². The highest BCUT2D eigenvalue weighted by atomic mass is 35.5. The van der Waals surface area contributed by atoms with Crippen LogP contribution in [0.15, 0.2) is 82.6 Å². The monoisotopic (exact) mass is 465 g/mol. The Morgan fingerprint density at radius 3 is 2.10 bits per heavy atom. The lowest BCUT2D eigenvalue weighted by molar-refractivity contribution is 0.102. The molecule has 0 aliphatic carbocycles. The average molecular weight is 466 g/mol. The molecule has 0 bridgehead atoms. The number of hydrogen-bond donors (Lipinski definition) is 3. The van der Waals surface area contributed by atoms with Gasteiger partial charge in [-0.3, -0.25) is 9.52 Å². The number of rotatable bonds is 6. The zero-order valence-electron chi connectivity index (χ0n) is 15.2. The molecule has 0 aliphatic heterocycles. The van der Waals surface area contributed by atoms with Crippen molar-refractivity contribution in [2.45, 2.75) is 9.79 Å². The van der Waals surface area contributed by atoms with Gasteiger partial charge in [0.05, 0.1) is 15.5 Å². The van der Waals surface area contributed by atoms with Gasteiger partial charge in [0.15, 0.2) is 0 Å². The molecular formula is C19H16ClN3O5S2. The molecule has 8 nitrogen and oxygen atoms in total. The van der Waals surface area contributed by atoms with Gasteiger partial charge in [-0.2, -0.15) is 0 Å². The number of carbonyl (C=O) groups is 1. The summed E-state index contributed by atoms with van der Waals surface area (Å²) in [5.41, 5.74) is 0.699. The Morgan fingerprint density at radius 2 is 1.47 bits per heavy atom. The van der Waals surface area contributed by atoms with E-state index in [2.05, 4.69) is 10.0 Å². The van der Waals surface area contributed by atoms with Crippen LogP contribution in [-0.2, 0) is 20.0 Å². The minimum atomic E-state index is -3.95. The summed E-state index contributed by atoms with van der Waals surface area (Å²) < 4.78 is 50.2. The second-order valence-corrected chi connectivity index (χ2v) is 9.85. The molecule has 0 aromatic heterocycles. The van der Waals surface area contributed by atoms with Crippen molar-refractivity contribution in [1.29, 1.82) is 0 Å². The van der Waals surface area contributed by atoms with Gasteiger partial charge in [-0.05, 0) is 60.7 Å². The van der Waals surface area contributed by atoms with Crippen LogP contribution in [0.5, 0.6) is 0 Å². The predicted molar refractivity (Wildman–Crippen MR) is 114 cm³/mol. The fourth-order valence-corrected chi connectivity index (χ4v) is 4.30. The van der Waals surface area contributed by atoms with Crippen LogP contribution >= 0.6 is 11.6 Å². The average Bonchev–Trinajstić information content (AvgIpc) is 2.67. The smallest absolute Gasteiger partial charge is 0.261 e. The lowest BCUT2D eigenvalue weighted by Crippen LogP contribution is -2.16. The van der Waals surface area contributed by atoms with Gasteiger partial charge in [0, 0.05) is 16.3 Å². The molecule has 0 heterocycles. The summed E-state index contributed by atoms with van der Waals surface area (Å²) in [7, 11) is -7.80. The number of nitrogens with one attached hydrogen (secondary N) is 2. The quantitative estimate of drug-likeness (QED) is 0.514. The summed E-state index contributed by atoms with van der Waals surface area (Å²) in [6.07, 6.45) is 0. The molecule has 30 heavy (non-hydrogen) atoms. The summed E-state index contributed by atoms with van der Waals surface area (Å²) in [4.78, 5) is 12.3. The Labute approximate surface area is 178 Å². The minimum Gasteiger partial charge on any atom is -0.322 e. The highest BCUT2D eigenvalue weighted by Crippen LogP contribution is 2.21. The first-order chi connectivity index (χ1) is 14.0. The fourth-order valence-electron chi connectivity index (χ4n) is 2.50. The van der Waals surface area contributed by atoms with Crippen LogP contribution in [0.1, 0.15) is 10.4 Å². The third-order valence-electron chi connectivity index (χ3n) is 3.92. The van der Waals surface area contributed by atoms with Gasteiger partial charge in [-0.1, -0.05) is 23.7 Å². The molecule has 0 fully saturated rings. The zero-order chi connectivity index (χ0) is 21.9. The number of halogens is 1. The van der Waals surface area contributed by atoms with Crippen molar-refractivity contribution < 1.29 is 21.6 Å². The first-order valence-electron chi connectivity index (χ1n) is 8.37. The van der Waals surface area contributed by atoms with Crippen LogP contribution in [0.25, 0.3) is 0 Å². The molecule has 0 aliphatic rings. The van der Waals surface area contributed by atoms with Crippen molar-refractivity contribution in [3.63, 3.8) is 0 Å². The van der Waals surface area contributed by atoms with E-state index in [1.165, 1.54) is 54.6 Å². The highest BCUT2D eigenvalue weighted by Gasteiger charge is 2.17. The van der Waals surface area contributed by atoms with Crippen LogP contribution in [0, 0.1) is 0 Å². The number of primary sulfonamides is 1. The normalized spacial score (nSPS) is 11.7. The van der Waals surface area contributed by atoms with E-state index in [4.69, 9.17) is 16.7 Å². The largest absolute Gasteiger partial charge is 0.322 e. The van der Waals surface area contributed by atoms with Crippen molar-refractivity contribution in [2.24, 2.45) is 5.14 Å². The molecule has 4 N–H and O–H groups in total. The van der Waals surface area contributed by atoms with Crippen molar-refractivity contribution in [3.05, 3.63) is 83.4 Å². The van der Waals surface area contributed by atoms with Crippen LogP contribution < -0.4 is 15.2 Å². The number of sulfonamides is 2. The first-order valence-corrected chi connectivity index (χ1v) is 11.8. The Bertz CT molecular complexity index is 1310. The van der Waals surface area contributed by atoms with Gasteiger partial charge >= 0.3 is 0 Å². The Kier molecular flexibility index (Phi) is 6.13. The Morgan fingerprint density at radius 1 is 0.800 bits per heavy atom. The zero-order valence-corrected chi connectivity index (χ0v) is 17.6. The van der Waals surface area contributed by atoms with E-state index in [9.17, 15) is 21.6 Å². The molecule has 3 rings (SSSR count). The predicted octanol–water partition coefficient (Wildman–Crippen LogP) is 3.04. The number of hydrogen-bond acceptors (Lipinski definition) is 5. The van der Waals surface area contributed by atoms with E-state index in [0.717, 1.165) is 0 Å². The number of amides is 1. The van der Waals surface area contributed by atoms with E-state index in [0.29, 0.717) is 10.7 Å². The van der Waals surface area contributed by atoms with E-state index in [-0.39, 0.29) is 21.0 Å². The maximum atomic E-state index is 12.6. The van der Waals surface area contributed by atoms with Crippen molar-refractivity contribution in [2.75, 3.05) is 10.0 Å². The topological polar surface area (TPSA) is 135 Å². The molecule has 0 spiro atoms. The Hall–Kier alpha value is -2.92. The summed E-state index contributed by atoms with van der Waals surface area (Å²) >= 11 is 5.87. The molecule has 0 atom stereocenters. The fraction of sp³-hybridized carbons (Fsp3) is 0. The maximum absolute atomic E-state index is 12.6. The molecule has 11 heteroatoms. The van der Waals surface area contributed by atoms with E-state index in [1.54, 1.807) is 18.2 Å². The molecule has 156 valence electrons. The summed E-state index contributed by atoms with van der Waals surface area (Å²) in [6.45, 7) is 0. The van der Waals surface area contributed by atoms with Gasteiger partial charge in [0.25, 0.3) is 15.9 Å². The lowest BCUT2D eigenvalue weighted by Gasteiger charge is -2.10. The van der Waals surface area contributed by atoms with Gasteiger partial charge in [0.1, 0.15) is 0 Å². The summed E-state index contributed by atoms with van der Waals surface area (Å²) in [5.74, 6) is -0.571. The van der Waals surface area contributed by atoms with Crippen molar-refractivity contribution >= 4 is 48.9 Å². The van der Waals surface area contributed by atoms with Gasteiger partial charge < -0.3 is 5.32 Å². The van der Waals surface area contributed by atoms with E-state index < -0.39 is 26.0 Å². The SMILES string of the molecule is NS(=O)(=O)c1ccc(NC(=O)c2cccc(S(=O)(=O)Nc3cccc(Cl)c3)c2)cc1. The second kappa shape index (κ2) is 8.44. The highest BCUT2D eigenvalue weighted by molar-refractivity contribution is 7.92. The first kappa shape index (κ1) is 21.8. The number of anilines is 2. The third kappa shape index (κ3) is 5.36. The minimum absolute atomic E-state index is 0.0966. The van der Waals surface area contributed by atoms with Crippen molar-refractivity contribution in [1.82, 2.24) is 0 Å². The molecule has 0 saturated heterocycles. The van der Waals surface area contributed by atoms with Crippen LogP contribution in [0.4, 0.5) is 11.4 Å². The number of carbonyl (C=O) groups excluding carboxylic acids is 1. The number of benzene rings is 3. The lowest BCUT2D eigenvalue weighted by atomic mass is 10.2. The molecule has 0 unspecified atom stereocenters. The van der Waals surface area contributed by atoms with Crippen molar-refractivity contribution in [3.8, 4) is 0 Å². The van der Waals surface area contributed by atoms with Crippen LogP contribution in [0.2, 0.25) is 5.02 Å². The molecule has 3 aromatic rings. The van der Waals surface area contributed by atoms with Crippen LogP contribution in [-0.4, -0.2) is 22.7 Å². The molecule has 1 amide bonds. The van der Waals surface area contributed by atoms with Crippen LogP contribution in [0.3, 0.4) is 0 Å². The van der Waals surface area contributed by atoms with Gasteiger partial charge in [-0.25, -0.2) is 22.0 Å². The molecule has 0 radical (unpaired) electrons. The summed E-state index contributed by atoms with van der Waals surface area (Å²) in [6, 6.07) is 16.9. The maximum Gasteiger partial charge on any atom is 0.261 e. The molecule has 3 aromatic carbocycles. The molecular weight excluding hydrogens is 450 g/mol. The van der Waals surface area contributed by atoms with E-state index >= 15 is 0 Å². The molecule has 0 saturated carbocycles. The number of nitrogens with two attached hydrogens (primary N) is 1. The van der Waals surface area contributed by atoms with Gasteiger partial charge in [-0.15, -0.1) is 0 Å². The third-order valence-corrected chi connectivity index (χ3v) is 6.47. The Balaban J connectivity index is 1.79.